The highest BCUT2D eigenvalue weighted by Gasteiger charge is 2.67. The molecule has 1 N–H and O–H groups in total. The van der Waals surface area contributed by atoms with Gasteiger partial charge in [0.2, 0.25) is 5.91 Å². The quantitative estimate of drug-likeness (QED) is 0.188. The maximum atomic E-state index is 16.0. The molecule has 0 spiro atoms. The molecule has 0 saturated heterocycles. The van der Waals surface area contributed by atoms with Gasteiger partial charge in [-0.15, -0.1) is 23.2 Å². The first kappa shape index (κ1) is 38.8. The normalized spacial score (nSPS) is 16.8. The summed E-state index contributed by atoms with van der Waals surface area (Å²) >= 11 is 28.8. The number of nitrogens with one attached hydrogen (secondary N) is 1. The highest BCUT2D eigenvalue weighted by molar-refractivity contribution is 9.10. The number of nitrogens with zero attached hydrogens (tertiary/aromatic N) is 1. The number of amides is 3. The van der Waals surface area contributed by atoms with Crippen LogP contribution in [0.4, 0.5) is 29.7 Å². The molecule has 1 fully saturated rings. The van der Waals surface area contributed by atoms with Gasteiger partial charge < -0.3 is 14.8 Å². The molecule has 0 heterocycles. The number of hydrogen-bond acceptors (Lipinski definition) is 6. The number of ether oxygens (including phenoxy) is 2. The average molecular weight is 823 g/mol. The van der Waals surface area contributed by atoms with Crippen LogP contribution in [0.1, 0.15) is 68.9 Å². The Morgan fingerprint density at radius 3 is 2.02 bits per heavy atom. The van der Waals surface area contributed by atoms with Crippen LogP contribution in [0.2, 0.25) is 10.0 Å². The Balaban J connectivity index is 1.60. The predicted molar refractivity (Wildman–Crippen MR) is 189 cm³/mol. The van der Waals surface area contributed by atoms with Crippen LogP contribution in [0.5, 0.6) is 0 Å². The van der Waals surface area contributed by atoms with E-state index in [9.17, 15) is 19.2 Å². The third-order valence-corrected chi connectivity index (χ3v) is 9.55. The molecule has 49 heavy (non-hydrogen) atoms. The van der Waals surface area contributed by atoms with Gasteiger partial charge in [0.1, 0.15) is 21.2 Å². The molecular weight excluding hydrogens is 792 g/mol. The SMILES string of the molecule is CC(C)(C)OC(=O)N(C(=O)OC(C)(C)C)c1c(F)ccc(CC(=O)c2cc(NC(=O)C3C(c4ccc(Br)c(Cl)c4)C3(Cl)Cl)ccc2Cl)c1F. The Morgan fingerprint density at radius 1 is 0.878 bits per heavy atom. The minimum atomic E-state index is -1.42. The summed E-state index contributed by atoms with van der Waals surface area (Å²) in [5.41, 5.74) is -3.01. The van der Waals surface area contributed by atoms with E-state index in [0.29, 0.717) is 15.1 Å². The van der Waals surface area contributed by atoms with E-state index in [-0.39, 0.29) is 26.7 Å². The number of ketones is 1. The van der Waals surface area contributed by atoms with Crippen molar-refractivity contribution in [1.82, 2.24) is 0 Å². The monoisotopic (exact) mass is 820 g/mol. The molecule has 2 atom stereocenters. The van der Waals surface area contributed by atoms with E-state index in [1.54, 1.807) is 18.2 Å². The maximum Gasteiger partial charge on any atom is 0.424 e. The van der Waals surface area contributed by atoms with E-state index in [1.807, 2.05) is 0 Å². The molecule has 1 saturated carbocycles. The van der Waals surface area contributed by atoms with Crippen molar-refractivity contribution in [3.63, 3.8) is 0 Å². The fourth-order valence-corrected chi connectivity index (χ4v) is 6.36. The highest BCUT2D eigenvalue weighted by Crippen LogP contribution is 2.65. The first-order valence-corrected chi connectivity index (χ1v) is 17.0. The molecule has 3 amide bonds. The second-order valence-electron chi connectivity index (χ2n) is 13.3. The predicted octanol–water partition coefficient (Wildman–Crippen LogP) is 10.7. The third kappa shape index (κ3) is 9.05. The lowest BCUT2D eigenvalue weighted by atomic mass is 10.0. The number of Topliss-reactive ketones (excluding diaryl/α,β-unsaturated/α-hetero) is 1. The number of halogens is 7. The summed E-state index contributed by atoms with van der Waals surface area (Å²) in [5, 5.41) is 3.08. The highest BCUT2D eigenvalue weighted by atomic mass is 79.9. The zero-order valence-corrected chi connectivity index (χ0v) is 31.6. The van der Waals surface area contributed by atoms with Gasteiger partial charge >= 0.3 is 12.2 Å². The molecule has 0 aromatic heterocycles. The molecule has 4 rings (SSSR count). The molecule has 3 aromatic rings. The van der Waals surface area contributed by atoms with E-state index < -0.39 is 75.0 Å². The van der Waals surface area contributed by atoms with Crippen LogP contribution >= 0.6 is 62.3 Å². The van der Waals surface area contributed by atoms with Crippen LogP contribution in [0.3, 0.4) is 0 Å². The van der Waals surface area contributed by atoms with Gasteiger partial charge in [0.15, 0.2) is 17.4 Å². The summed E-state index contributed by atoms with van der Waals surface area (Å²) in [4.78, 5) is 52.9. The number of alkyl halides is 2. The van der Waals surface area contributed by atoms with Gasteiger partial charge in [-0.1, -0.05) is 35.3 Å². The van der Waals surface area contributed by atoms with Gasteiger partial charge in [-0.05, 0) is 105 Å². The van der Waals surface area contributed by atoms with Crippen LogP contribution in [0.15, 0.2) is 53.0 Å². The van der Waals surface area contributed by atoms with Gasteiger partial charge in [-0.3, -0.25) is 9.59 Å². The number of anilines is 2. The average Bonchev–Trinajstić information content (AvgIpc) is 3.54. The van der Waals surface area contributed by atoms with E-state index in [4.69, 9.17) is 55.9 Å². The maximum absolute atomic E-state index is 16.0. The van der Waals surface area contributed by atoms with Crippen molar-refractivity contribution < 1.29 is 37.4 Å². The molecule has 262 valence electrons. The molecule has 2 unspecified atom stereocenters. The molecule has 8 nitrogen and oxygen atoms in total. The number of imide groups is 1. The summed E-state index contributed by atoms with van der Waals surface area (Å²) in [5.74, 6) is -5.34. The van der Waals surface area contributed by atoms with Crippen molar-refractivity contribution in [1.29, 1.82) is 0 Å². The molecule has 0 radical (unpaired) electrons. The lowest BCUT2D eigenvalue weighted by molar-refractivity contribution is -0.117. The van der Waals surface area contributed by atoms with Gasteiger partial charge in [-0.2, -0.15) is 4.90 Å². The van der Waals surface area contributed by atoms with Gasteiger partial charge in [0, 0.05) is 28.1 Å². The Morgan fingerprint density at radius 2 is 1.47 bits per heavy atom. The first-order valence-electron chi connectivity index (χ1n) is 14.7. The van der Waals surface area contributed by atoms with E-state index in [2.05, 4.69) is 21.2 Å². The lowest BCUT2D eigenvalue weighted by Gasteiger charge is -2.29. The fraction of sp³-hybridized carbons (Fsp3) is 0.353. The summed E-state index contributed by atoms with van der Waals surface area (Å²) in [6.45, 7) is 9.02. The largest absolute Gasteiger partial charge is 0.443 e. The van der Waals surface area contributed by atoms with Crippen LogP contribution in [0, 0.1) is 17.6 Å². The molecular formula is C34H31BrCl4F2N2O6. The van der Waals surface area contributed by atoms with E-state index in [0.717, 1.165) is 12.1 Å². The van der Waals surface area contributed by atoms with Crippen molar-refractivity contribution in [3.05, 3.63) is 91.4 Å². The van der Waals surface area contributed by atoms with Crippen LogP contribution in [-0.2, 0) is 20.7 Å². The van der Waals surface area contributed by atoms with Crippen molar-refractivity contribution >= 4 is 97.6 Å². The Labute approximate surface area is 310 Å². The van der Waals surface area contributed by atoms with Crippen LogP contribution < -0.4 is 10.2 Å². The smallest absolute Gasteiger partial charge is 0.424 e. The summed E-state index contributed by atoms with van der Waals surface area (Å²) in [6, 6.07) is 11.0. The second-order valence-corrected chi connectivity index (χ2v) is 16.4. The topological polar surface area (TPSA) is 102 Å². The molecule has 3 aromatic carbocycles. The minimum absolute atomic E-state index is 0.0206. The molecule has 1 aliphatic rings. The Kier molecular flexibility index (Phi) is 11.4. The van der Waals surface area contributed by atoms with Crippen molar-refractivity contribution in [3.8, 4) is 0 Å². The first-order chi connectivity index (χ1) is 22.5. The number of hydrogen-bond donors (Lipinski definition) is 1. The molecule has 15 heteroatoms. The minimum Gasteiger partial charge on any atom is -0.443 e. The third-order valence-electron chi connectivity index (χ3n) is 7.05. The molecule has 0 aliphatic heterocycles. The van der Waals surface area contributed by atoms with E-state index >= 15 is 8.78 Å². The number of carbonyl (C=O) groups excluding carboxylic acids is 4. The summed E-state index contributed by atoms with van der Waals surface area (Å²) in [7, 11) is 0. The van der Waals surface area contributed by atoms with Crippen LogP contribution in [-0.4, -0.2) is 39.4 Å². The van der Waals surface area contributed by atoms with Crippen molar-refractivity contribution in [2.75, 3.05) is 10.2 Å². The van der Waals surface area contributed by atoms with Crippen LogP contribution in [0.25, 0.3) is 0 Å². The van der Waals surface area contributed by atoms with Crippen molar-refractivity contribution in [2.24, 2.45) is 5.92 Å². The number of rotatable bonds is 7. The van der Waals surface area contributed by atoms with Gasteiger partial charge in [-0.25, -0.2) is 18.4 Å². The zero-order valence-electron chi connectivity index (χ0n) is 27.0. The fourth-order valence-electron chi connectivity index (χ4n) is 4.87. The number of benzene rings is 3. The lowest BCUT2D eigenvalue weighted by Crippen LogP contribution is -2.44. The van der Waals surface area contributed by atoms with Gasteiger partial charge in [0.25, 0.3) is 0 Å². The summed E-state index contributed by atoms with van der Waals surface area (Å²) < 4.78 is 40.9. The Bertz CT molecular complexity index is 1820. The van der Waals surface area contributed by atoms with E-state index in [1.165, 1.54) is 59.7 Å². The molecule has 1 aliphatic carbocycles. The van der Waals surface area contributed by atoms with Crippen molar-refractivity contribution in [2.45, 2.75) is 69.4 Å². The standard InChI is InChI=1S/C34H31BrCl4F2N2O6/c1-32(2,3)48-30(46)43(31(47)49-33(4,5)6)28-23(40)12-8-17(27(28)41)14-24(44)19-15-18(9-11-21(19)36)42-29(45)26-25(34(26,38)39)16-7-10-20(35)22(37)13-16/h7-13,15,25-26H,14H2,1-6H3,(H,42,45). The molecule has 0 bridgehead atoms. The summed E-state index contributed by atoms with van der Waals surface area (Å²) in [6.07, 6.45) is -3.46. The Hall–Kier alpha value is -2.96. The number of carbonyl (C=O) groups is 4. The van der Waals surface area contributed by atoms with Gasteiger partial charge in [0.05, 0.1) is 16.0 Å². The zero-order chi connectivity index (χ0) is 36.8. The second kappa shape index (κ2) is 14.3.